The van der Waals surface area contributed by atoms with Crippen LogP contribution in [0.3, 0.4) is 0 Å². The summed E-state index contributed by atoms with van der Waals surface area (Å²) in [5, 5.41) is 13.0. The van der Waals surface area contributed by atoms with Gasteiger partial charge in [-0.3, -0.25) is 4.79 Å². The fourth-order valence-electron chi connectivity index (χ4n) is 2.67. The van der Waals surface area contributed by atoms with E-state index in [2.05, 4.69) is 5.32 Å². The molecule has 134 valence electrons. The summed E-state index contributed by atoms with van der Waals surface area (Å²) in [5.74, 6) is -2.52. The molecule has 0 radical (unpaired) electrons. The largest absolute Gasteiger partial charge is 0.492 e. The first-order valence-electron chi connectivity index (χ1n) is 8.07. The van der Waals surface area contributed by atoms with Gasteiger partial charge in [-0.1, -0.05) is 6.07 Å². The first-order valence-corrected chi connectivity index (χ1v) is 8.07. The van der Waals surface area contributed by atoms with Gasteiger partial charge in [0.1, 0.15) is 12.4 Å². The quantitative estimate of drug-likeness (QED) is 0.738. The monoisotopic (exact) mass is 342 g/mol. The number of aryl methyl sites for hydroxylation is 1. The molecule has 0 atom stereocenters. The SMILES string of the molecule is Cc1ccc(C(=O)NCC2(O)CCC(F)(F)CC2)cc1OCCN. The minimum absolute atomic E-state index is 0.0287. The molecule has 0 heterocycles. The van der Waals surface area contributed by atoms with Crippen LogP contribution < -0.4 is 15.8 Å². The first-order chi connectivity index (χ1) is 11.2. The van der Waals surface area contributed by atoms with Crippen molar-refractivity contribution in [3.63, 3.8) is 0 Å². The summed E-state index contributed by atoms with van der Waals surface area (Å²) >= 11 is 0. The highest BCUT2D eigenvalue weighted by Gasteiger charge is 2.42. The van der Waals surface area contributed by atoms with Gasteiger partial charge in [0.25, 0.3) is 5.91 Å². The Hall–Kier alpha value is -1.73. The number of halogens is 2. The molecule has 1 aromatic rings. The average Bonchev–Trinajstić information content (AvgIpc) is 2.55. The fraction of sp³-hybridized carbons (Fsp3) is 0.588. The maximum atomic E-state index is 13.2. The zero-order valence-corrected chi connectivity index (χ0v) is 13.8. The topological polar surface area (TPSA) is 84.6 Å². The molecule has 5 nitrogen and oxygen atoms in total. The van der Waals surface area contributed by atoms with E-state index in [1.807, 2.05) is 6.92 Å². The van der Waals surface area contributed by atoms with E-state index in [-0.39, 0.29) is 38.1 Å². The Balaban J connectivity index is 1.95. The van der Waals surface area contributed by atoms with Gasteiger partial charge in [-0.2, -0.15) is 0 Å². The number of benzene rings is 1. The van der Waals surface area contributed by atoms with Crippen LogP contribution in [0.2, 0.25) is 0 Å². The third kappa shape index (κ3) is 4.88. The van der Waals surface area contributed by atoms with Crippen molar-refractivity contribution in [2.45, 2.75) is 44.1 Å². The van der Waals surface area contributed by atoms with Crippen molar-refractivity contribution in [3.05, 3.63) is 29.3 Å². The van der Waals surface area contributed by atoms with Crippen molar-refractivity contribution >= 4 is 5.91 Å². The number of amides is 1. The zero-order chi connectivity index (χ0) is 17.8. The lowest BCUT2D eigenvalue weighted by Gasteiger charge is -2.35. The number of rotatable bonds is 6. The van der Waals surface area contributed by atoms with Gasteiger partial charge in [-0.15, -0.1) is 0 Å². The van der Waals surface area contributed by atoms with Gasteiger partial charge in [0, 0.05) is 31.5 Å². The van der Waals surface area contributed by atoms with Crippen LogP contribution in [0.5, 0.6) is 5.75 Å². The molecule has 1 amide bonds. The zero-order valence-electron chi connectivity index (χ0n) is 13.8. The molecule has 1 aliphatic rings. The lowest BCUT2D eigenvalue weighted by Crippen LogP contribution is -2.47. The van der Waals surface area contributed by atoms with E-state index in [0.717, 1.165) is 5.56 Å². The number of hydrogen-bond acceptors (Lipinski definition) is 4. The molecule has 0 unspecified atom stereocenters. The van der Waals surface area contributed by atoms with Gasteiger partial charge < -0.3 is 20.9 Å². The Kier molecular flexibility index (Phi) is 5.77. The van der Waals surface area contributed by atoms with Crippen LogP contribution in [0.15, 0.2) is 18.2 Å². The Morgan fingerprint density at radius 2 is 2.00 bits per heavy atom. The first kappa shape index (κ1) is 18.6. The molecule has 4 N–H and O–H groups in total. The van der Waals surface area contributed by atoms with E-state index in [4.69, 9.17) is 10.5 Å². The van der Waals surface area contributed by atoms with Crippen LogP contribution >= 0.6 is 0 Å². The Bertz CT molecular complexity index is 583. The van der Waals surface area contributed by atoms with E-state index < -0.39 is 11.5 Å². The van der Waals surface area contributed by atoms with E-state index in [0.29, 0.717) is 24.5 Å². The highest BCUT2D eigenvalue weighted by Crippen LogP contribution is 2.38. The molecule has 1 aliphatic carbocycles. The van der Waals surface area contributed by atoms with Gasteiger partial charge in [0.15, 0.2) is 0 Å². The maximum Gasteiger partial charge on any atom is 0.251 e. The number of ether oxygens (including phenoxy) is 1. The van der Waals surface area contributed by atoms with Crippen molar-refractivity contribution < 1.29 is 23.4 Å². The summed E-state index contributed by atoms with van der Waals surface area (Å²) in [6, 6.07) is 5.02. The molecular formula is C17H24F2N2O3. The highest BCUT2D eigenvalue weighted by molar-refractivity contribution is 5.94. The van der Waals surface area contributed by atoms with Gasteiger partial charge in [-0.25, -0.2) is 8.78 Å². The second kappa shape index (κ2) is 7.44. The molecule has 2 rings (SSSR count). The van der Waals surface area contributed by atoms with Crippen molar-refractivity contribution in [3.8, 4) is 5.75 Å². The van der Waals surface area contributed by atoms with E-state index >= 15 is 0 Å². The minimum Gasteiger partial charge on any atom is -0.492 e. The van der Waals surface area contributed by atoms with Crippen LogP contribution in [-0.2, 0) is 0 Å². The molecule has 0 aromatic heterocycles. The number of carbonyl (C=O) groups is 1. The summed E-state index contributed by atoms with van der Waals surface area (Å²) in [6.45, 7) is 2.53. The van der Waals surface area contributed by atoms with Crippen molar-refractivity contribution in [2.24, 2.45) is 5.73 Å². The van der Waals surface area contributed by atoms with Crippen molar-refractivity contribution in [1.82, 2.24) is 5.32 Å². The molecule has 1 aromatic carbocycles. The number of alkyl halides is 2. The Morgan fingerprint density at radius 3 is 2.62 bits per heavy atom. The van der Waals surface area contributed by atoms with Crippen molar-refractivity contribution in [2.75, 3.05) is 19.7 Å². The smallest absolute Gasteiger partial charge is 0.251 e. The normalized spacial score (nSPS) is 18.9. The predicted molar refractivity (Wildman–Crippen MR) is 86.4 cm³/mol. The van der Waals surface area contributed by atoms with Crippen LogP contribution in [0.1, 0.15) is 41.6 Å². The molecule has 0 saturated heterocycles. The van der Waals surface area contributed by atoms with E-state index in [1.165, 1.54) is 0 Å². The van der Waals surface area contributed by atoms with Gasteiger partial charge in [0.05, 0.1) is 5.60 Å². The third-order valence-corrected chi connectivity index (χ3v) is 4.32. The average molecular weight is 342 g/mol. The molecule has 0 bridgehead atoms. The summed E-state index contributed by atoms with van der Waals surface area (Å²) in [7, 11) is 0. The predicted octanol–water partition coefficient (Wildman–Crippen LogP) is 2.00. The molecule has 1 fully saturated rings. The number of nitrogens with two attached hydrogens (primary N) is 1. The van der Waals surface area contributed by atoms with E-state index in [9.17, 15) is 18.7 Å². The fourth-order valence-corrected chi connectivity index (χ4v) is 2.67. The summed E-state index contributed by atoms with van der Waals surface area (Å²) in [6.07, 6.45) is -0.778. The second-order valence-electron chi connectivity index (χ2n) is 6.38. The molecule has 7 heteroatoms. The molecule has 1 saturated carbocycles. The van der Waals surface area contributed by atoms with Crippen LogP contribution in [-0.4, -0.2) is 42.2 Å². The van der Waals surface area contributed by atoms with Gasteiger partial charge in [-0.05, 0) is 37.5 Å². The lowest BCUT2D eigenvalue weighted by atomic mass is 9.82. The maximum absolute atomic E-state index is 13.2. The molecule has 0 aliphatic heterocycles. The summed E-state index contributed by atoms with van der Waals surface area (Å²) in [4.78, 5) is 12.2. The summed E-state index contributed by atoms with van der Waals surface area (Å²) < 4.78 is 31.8. The highest BCUT2D eigenvalue weighted by atomic mass is 19.3. The van der Waals surface area contributed by atoms with Gasteiger partial charge >= 0.3 is 0 Å². The van der Waals surface area contributed by atoms with Crippen LogP contribution in [0.4, 0.5) is 8.78 Å². The van der Waals surface area contributed by atoms with Crippen LogP contribution in [0.25, 0.3) is 0 Å². The van der Waals surface area contributed by atoms with E-state index in [1.54, 1.807) is 18.2 Å². The number of aliphatic hydroxyl groups is 1. The molecular weight excluding hydrogens is 318 g/mol. The second-order valence-corrected chi connectivity index (χ2v) is 6.38. The number of hydrogen-bond donors (Lipinski definition) is 3. The summed E-state index contributed by atoms with van der Waals surface area (Å²) in [5.41, 5.74) is 5.39. The lowest BCUT2D eigenvalue weighted by molar-refractivity contribution is -0.101. The number of carbonyl (C=O) groups excluding carboxylic acids is 1. The molecule has 0 spiro atoms. The standard InChI is InChI=1S/C17H24F2N2O3/c1-12-2-3-13(10-14(12)24-9-8-20)15(22)21-11-16(23)4-6-17(18,19)7-5-16/h2-3,10,23H,4-9,11,20H2,1H3,(H,21,22). The molecule has 24 heavy (non-hydrogen) atoms. The van der Waals surface area contributed by atoms with Crippen LogP contribution in [0, 0.1) is 6.92 Å². The minimum atomic E-state index is -2.72. The third-order valence-electron chi connectivity index (χ3n) is 4.32. The Labute approximate surface area is 140 Å². The number of nitrogens with one attached hydrogen (secondary N) is 1. The Morgan fingerprint density at radius 1 is 1.33 bits per heavy atom. The van der Waals surface area contributed by atoms with Gasteiger partial charge in [0.2, 0.25) is 5.92 Å². The van der Waals surface area contributed by atoms with Crippen molar-refractivity contribution in [1.29, 1.82) is 0 Å².